The minimum Gasteiger partial charge on any atom is -0.489 e. The van der Waals surface area contributed by atoms with Gasteiger partial charge in [-0.05, 0) is 23.6 Å². The molecule has 0 bridgehead atoms. The van der Waals surface area contributed by atoms with Crippen LogP contribution < -0.4 is 10.1 Å². The lowest BCUT2D eigenvalue weighted by molar-refractivity contribution is 0.207. The van der Waals surface area contributed by atoms with Gasteiger partial charge < -0.3 is 10.1 Å². The molecule has 2 rings (SSSR count). The number of anilines is 1. The molecule has 1 N–H and O–H groups in total. The summed E-state index contributed by atoms with van der Waals surface area (Å²) in [5.74, 6) is 0.943. The monoisotopic (exact) mass is 269 g/mol. The van der Waals surface area contributed by atoms with Crippen molar-refractivity contribution in [1.82, 2.24) is 0 Å². The number of hydrogen-bond donors (Lipinski definition) is 1. The van der Waals surface area contributed by atoms with E-state index in [0.717, 1.165) is 22.5 Å². The van der Waals surface area contributed by atoms with E-state index in [1.807, 2.05) is 12.1 Å². The molecule has 15 heavy (non-hydrogen) atoms. The molecular weight excluding hydrogens is 254 g/mol. The van der Waals surface area contributed by atoms with Crippen molar-refractivity contribution in [1.29, 1.82) is 0 Å². The average molecular weight is 270 g/mol. The third-order valence-electron chi connectivity index (χ3n) is 2.72. The van der Waals surface area contributed by atoms with Crippen molar-refractivity contribution >= 4 is 21.6 Å². The van der Waals surface area contributed by atoms with Crippen LogP contribution in [-0.2, 0) is 0 Å². The highest BCUT2D eigenvalue weighted by Crippen LogP contribution is 2.35. The number of ether oxygens (including phenoxy) is 1. The summed E-state index contributed by atoms with van der Waals surface area (Å²) >= 11 is 3.47. The van der Waals surface area contributed by atoms with Crippen molar-refractivity contribution in [3.05, 3.63) is 22.7 Å². The molecule has 0 spiro atoms. The topological polar surface area (TPSA) is 21.3 Å². The van der Waals surface area contributed by atoms with Crippen molar-refractivity contribution in [3.8, 4) is 5.75 Å². The normalized spacial score (nSPS) is 20.1. The summed E-state index contributed by atoms with van der Waals surface area (Å²) in [6.07, 6.45) is 0. The van der Waals surface area contributed by atoms with Crippen molar-refractivity contribution in [3.63, 3.8) is 0 Å². The molecule has 2 nitrogen and oxygen atoms in total. The Bertz CT molecular complexity index is 370. The first-order valence-corrected chi connectivity index (χ1v) is 5.95. The van der Waals surface area contributed by atoms with Crippen LogP contribution in [0.3, 0.4) is 0 Å². The van der Waals surface area contributed by atoms with Crippen LogP contribution in [0.1, 0.15) is 20.8 Å². The standard InChI is InChI=1S/C12H16BrNO/c1-12(2,3)11-7-15-10-5-4-8(13)6-9(10)14-11/h4-6,11,14H,7H2,1-3H3. The lowest BCUT2D eigenvalue weighted by Crippen LogP contribution is -2.41. The zero-order chi connectivity index (χ0) is 11.1. The number of nitrogens with one attached hydrogen (secondary N) is 1. The largest absolute Gasteiger partial charge is 0.489 e. The lowest BCUT2D eigenvalue weighted by atomic mass is 9.86. The molecule has 0 saturated carbocycles. The predicted octanol–water partition coefficient (Wildman–Crippen LogP) is 3.67. The second-order valence-electron chi connectivity index (χ2n) is 5.01. The van der Waals surface area contributed by atoms with Gasteiger partial charge >= 0.3 is 0 Å². The summed E-state index contributed by atoms with van der Waals surface area (Å²) in [4.78, 5) is 0. The zero-order valence-corrected chi connectivity index (χ0v) is 10.9. The molecule has 1 heterocycles. The fraction of sp³-hybridized carbons (Fsp3) is 0.500. The Hall–Kier alpha value is -0.700. The van der Waals surface area contributed by atoms with E-state index in [0.29, 0.717) is 6.04 Å². The number of rotatable bonds is 0. The van der Waals surface area contributed by atoms with Gasteiger partial charge in [0.05, 0.1) is 11.7 Å². The second-order valence-corrected chi connectivity index (χ2v) is 5.93. The van der Waals surface area contributed by atoms with E-state index in [4.69, 9.17) is 4.74 Å². The molecule has 0 saturated heterocycles. The third-order valence-corrected chi connectivity index (χ3v) is 3.22. The molecule has 1 atom stereocenters. The summed E-state index contributed by atoms with van der Waals surface area (Å²) in [6.45, 7) is 7.39. The number of benzene rings is 1. The van der Waals surface area contributed by atoms with E-state index in [9.17, 15) is 0 Å². The molecule has 3 heteroatoms. The van der Waals surface area contributed by atoms with Crippen LogP contribution in [0.4, 0.5) is 5.69 Å². The van der Waals surface area contributed by atoms with Gasteiger partial charge in [0.2, 0.25) is 0 Å². The molecule has 82 valence electrons. The first-order chi connectivity index (χ1) is 6.97. The highest BCUT2D eigenvalue weighted by Gasteiger charge is 2.29. The highest BCUT2D eigenvalue weighted by atomic mass is 79.9. The first-order valence-electron chi connectivity index (χ1n) is 5.16. The average Bonchev–Trinajstić information content (AvgIpc) is 2.15. The molecule has 0 aromatic heterocycles. The smallest absolute Gasteiger partial charge is 0.142 e. The van der Waals surface area contributed by atoms with E-state index in [1.54, 1.807) is 0 Å². The van der Waals surface area contributed by atoms with Crippen LogP contribution in [0.2, 0.25) is 0 Å². The van der Waals surface area contributed by atoms with E-state index >= 15 is 0 Å². The molecule has 0 radical (unpaired) electrons. The van der Waals surface area contributed by atoms with Crippen LogP contribution in [0.5, 0.6) is 5.75 Å². The molecule has 0 aliphatic carbocycles. The molecule has 0 amide bonds. The molecule has 1 aliphatic heterocycles. The molecular formula is C12H16BrNO. The van der Waals surface area contributed by atoms with Gasteiger partial charge in [-0.1, -0.05) is 36.7 Å². The summed E-state index contributed by atoms with van der Waals surface area (Å²) in [6, 6.07) is 6.41. The quantitative estimate of drug-likeness (QED) is 0.776. The minimum absolute atomic E-state index is 0.208. The van der Waals surface area contributed by atoms with Gasteiger partial charge in [0.1, 0.15) is 12.4 Å². The Morgan fingerprint density at radius 2 is 2.13 bits per heavy atom. The van der Waals surface area contributed by atoms with Gasteiger partial charge in [-0.25, -0.2) is 0 Å². The molecule has 1 unspecified atom stereocenters. The highest BCUT2D eigenvalue weighted by molar-refractivity contribution is 9.10. The summed E-state index contributed by atoms with van der Waals surface area (Å²) in [7, 11) is 0. The number of fused-ring (bicyclic) bond motifs is 1. The van der Waals surface area contributed by atoms with E-state index in [2.05, 4.69) is 48.1 Å². The van der Waals surface area contributed by atoms with Gasteiger partial charge in [-0.15, -0.1) is 0 Å². The Labute approximate surface area is 99.1 Å². The SMILES string of the molecule is CC(C)(C)C1COc2ccc(Br)cc2N1. The fourth-order valence-electron chi connectivity index (χ4n) is 1.61. The van der Waals surface area contributed by atoms with Crippen LogP contribution in [0.25, 0.3) is 0 Å². The lowest BCUT2D eigenvalue weighted by Gasteiger charge is -2.36. The van der Waals surface area contributed by atoms with Gasteiger partial charge in [0.15, 0.2) is 0 Å². The third kappa shape index (κ3) is 2.28. The molecule has 1 aromatic rings. The van der Waals surface area contributed by atoms with Crippen LogP contribution in [0.15, 0.2) is 22.7 Å². The van der Waals surface area contributed by atoms with Crippen LogP contribution in [-0.4, -0.2) is 12.6 Å². The summed E-state index contributed by atoms with van der Waals surface area (Å²) < 4.78 is 6.81. The maximum absolute atomic E-state index is 5.73. The van der Waals surface area contributed by atoms with Crippen molar-refractivity contribution in [2.24, 2.45) is 5.41 Å². The molecule has 1 aliphatic rings. The van der Waals surface area contributed by atoms with Crippen molar-refractivity contribution in [2.45, 2.75) is 26.8 Å². The Balaban J connectivity index is 2.26. The summed E-state index contributed by atoms with van der Waals surface area (Å²) in [5, 5.41) is 3.52. The fourth-order valence-corrected chi connectivity index (χ4v) is 1.97. The predicted molar refractivity (Wildman–Crippen MR) is 66.5 cm³/mol. The maximum atomic E-state index is 5.73. The van der Waals surface area contributed by atoms with Gasteiger partial charge in [0.25, 0.3) is 0 Å². The molecule has 0 fully saturated rings. The minimum atomic E-state index is 0.208. The van der Waals surface area contributed by atoms with E-state index in [1.165, 1.54) is 0 Å². The zero-order valence-electron chi connectivity index (χ0n) is 9.30. The first kappa shape index (κ1) is 10.8. The Kier molecular flexibility index (Phi) is 2.67. The van der Waals surface area contributed by atoms with Crippen molar-refractivity contribution in [2.75, 3.05) is 11.9 Å². The van der Waals surface area contributed by atoms with E-state index in [-0.39, 0.29) is 5.41 Å². The van der Waals surface area contributed by atoms with E-state index < -0.39 is 0 Å². The van der Waals surface area contributed by atoms with Crippen LogP contribution >= 0.6 is 15.9 Å². The Morgan fingerprint density at radius 3 is 2.80 bits per heavy atom. The van der Waals surface area contributed by atoms with Crippen molar-refractivity contribution < 1.29 is 4.74 Å². The maximum Gasteiger partial charge on any atom is 0.142 e. The van der Waals surface area contributed by atoms with Gasteiger partial charge in [0, 0.05) is 4.47 Å². The summed E-state index contributed by atoms with van der Waals surface area (Å²) in [5.41, 5.74) is 1.29. The van der Waals surface area contributed by atoms with Gasteiger partial charge in [-0.2, -0.15) is 0 Å². The Morgan fingerprint density at radius 1 is 1.40 bits per heavy atom. The number of halogens is 1. The van der Waals surface area contributed by atoms with Crippen LogP contribution in [0, 0.1) is 5.41 Å². The molecule has 1 aromatic carbocycles. The van der Waals surface area contributed by atoms with Gasteiger partial charge in [-0.3, -0.25) is 0 Å². The number of hydrogen-bond acceptors (Lipinski definition) is 2. The second kappa shape index (κ2) is 3.71.